The topological polar surface area (TPSA) is 92.5 Å². The molecule has 0 saturated carbocycles. The van der Waals surface area contributed by atoms with Crippen molar-refractivity contribution in [1.82, 2.24) is 4.31 Å². The number of hydrogen-bond acceptors (Lipinski definition) is 4. The average molecular weight is 398 g/mol. The molecule has 0 fully saturated rings. The number of aryl methyl sites for hydroxylation is 1. The van der Waals surface area contributed by atoms with Crippen LogP contribution in [-0.2, 0) is 21.2 Å². The third-order valence-electron chi connectivity index (χ3n) is 3.85. The minimum Gasteiger partial charge on any atom is -0.325 e. The van der Waals surface area contributed by atoms with E-state index in [-0.39, 0.29) is 23.2 Å². The number of carbonyl (C=O) groups is 1. The number of hydrogen-bond donors (Lipinski definition) is 2. The van der Waals surface area contributed by atoms with Gasteiger partial charge in [0.2, 0.25) is 15.9 Å². The van der Waals surface area contributed by atoms with Crippen molar-refractivity contribution in [1.29, 1.82) is 0 Å². The Hall–Kier alpha value is -1.93. The summed E-state index contributed by atoms with van der Waals surface area (Å²) in [6.45, 7) is 1.71. The molecule has 2 aromatic rings. The van der Waals surface area contributed by atoms with Gasteiger partial charge in [0.05, 0.1) is 10.9 Å². The van der Waals surface area contributed by atoms with Crippen molar-refractivity contribution in [2.45, 2.75) is 24.3 Å². The highest BCUT2D eigenvalue weighted by Crippen LogP contribution is 2.22. The number of amides is 1. The summed E-state index contributed by atoms with van der Waals surface area (Å²) in [5.41, 5.74) is 7.94. The van der Waals surface area contributed by atoms with Gasteiger partial charge in [0.25, 0.3) is 0 Å². The quantitative estimate of drug-likeness (QED) is 0.781. The van der Waals surface area contributed by atoms with Crippen LogP contribution in [0, 0.1) is 6.92 Å². The van der Waals surface area contributed by atoms with E-state index in [2.05, 4.69) is 5.32 Å². The highest BCUT2D eigenvalue weighted by molar-refractivity contribution is 7.89. The van der Waals surface area contributed by atoms with Crippen LogP contribution in [0.15, 0.2) is 53.4 Å². The average Bonchev–Trinajstić information content (AvgIpc) is 2.57. The summed E-state index contributed by atoms with van der Waals surface area (Å²) in [7, 11) is -0.648. The second-order valence-electron chi connectivity index (χ2n) is 6.05. The number of sulfonamides is 1. The third kappa shape index (κ3) is 5.28. The van der Waals surface area contributed by atoms with Gasteiger partial charge in [0.15, 0.2) is 0 Å². The molecule has 1 amide bonds. The van der Waals surface area contributed by atoms with Crippen molar-refractivity contribution in [3.05, 3.63) is 59.7 Å². The summed E-state index contributed by atoms with van der Waals surface area (Å²) in [5, 5.41) is 2.69. The standard InChI is InChI=1S/C18H23N3O3S.ClH/c1-13-9-10-15(12-17(13)25(23,24)21(2)3)20-18(22)16(19)11-14-7-5-4-6-8-14;/h4-10,12,16H,11,19H2,1-3H3,(H,20,22);1H/t16-;/m0./s1. The Balaban J connectivity index is 0.00000338. The van der Waals surface area contributed by atoms with Crippen molar-refractivity contribution in [3.8, 4) is 0 Å². The molecular formula is C18H24ClN3O3S. The Bertz CT molecular complexity index is 855. The van der Waals surface area contributed by atoms with E-state index in [4.69, 9.17) is 5.73 Å². The van der Waals surface area contributed by atoms with Gasteiger partial charge in [-0.25, -0.2) is 12.7 Å². The van der Waals surface area contributed by atoms with Crippen molar-refractivity contribution in [3.63, 3.8) is 0 Å². The molecule has 0 aliphatic heterocycles. The zero-order valence-corrected chi connectivity index (χ0v) is 16.6. The Kier molecular flexibility index (Phi) is 7.77. The summed E-state index contributed by atoms with van der Waals surface area (Å²) in [6, 6.07) is 13.5. The summed E-state index contributed by atoms with van der Waals surface area (Å²) in [4.78, 5) is 12.5. The third-order valence-corrected chi connectivity index (χ3v) is 5.81. The van der Waals surface area contributed by atoms with Crippen LogP contribution < -0.4 is 11.1 Å². The van der Waals surface area contributed by atoms with Gasteiger partial charge in [0, 0.05) is 19.8 Å². The lowest BCUT2D eigenvalue weighted by molar-refractivity contribution is -0.117. The first kappa shape index (κ1) is 22.1. The first-order chi connectivity index (χ1) is 11.7. The van der Waals surface area contributed by atoms with E-state index >= 15 is 0 Å². The minimum atomic E-state index is -3.58. The molecule has 0 radical (unpaired) electrons. The van der Waals surface area contributed by atoms with Crippen LogP contribution in [0.2, 0.25) is 0 Å². The molecule has 0 saturated heterocycles. The molecule has 0 aromatic heterocycles. The predicted molar refractivity (Wildman–Crippen MR) is 106 cm³/mol. The molecule has 0 spiro atoms. The first-order valence-corrected chi connectivity index (χ1v) is 9.29. The first-order valence-electron chi connectivity index (χ1n) is 7.85. The fourth-order valence-electron chi connectivity index (χ4n) is 2.35. The second-order valence-corrected chi connectivity index (χ2v) is 8.17. The Morgan fingerprint density at radius 1 is 1.15 bits per heavy atom. The van der Waals surface area contributed by atoms with E-state index in [0.29, 0.717) is 17.7 Å². The monoisotopic (exact) mass is 397 g/mol. The summed E-state index contributed by atoms with van der Waals surface area (Å²) in [6.07, 6.45) is 0.404. The van der Waals surface area contributed by atoms with E-state index in [9.17, 15) is 13.2 Å². The normalized spacial score (nSPS) is 12.3. The van der Waals surface area contributed by atoms with Crippen molar-refractivity contribution < 1.29 is 13.2 Å². The van der Waals surface area contributed by atoms with Gasteiger partial charge in [-0.2, -0.15) is 0 Å². The molecule has 0 aliphatic rings. The summed E-state index contributed by atoms with van der Waals surface area (Å²) in [5.74, 6) is -0.360. The molecule has 0 unspecified atom stereocenters. The van der Waals surface area contributed by atoms with Gasteiger partial charge < -0.3 is 11.1 Å². The van der Waals surface area contributed by atoms with Crippen LogP contribution in [0.3, 0.4) is 0 Å². The predicted octanol–water partition coefficient (Wildman–Crippen LogP) is 2.18. The molecule has 0 heterocycles. The Morgan fingerprint density at radius 3 is 2.35 bits per heavy atom. The van der Waals surface area contributed by atoms with Crippen LogP contribution in [0.4, 0.5) is 5.69 Å². The zero-order valence-electron chi connectivity index (χ0n) is 15.0. The maximum Gasteiger partial charge on any atom is 0.242 e. The van der Waals surface area contributed by atoms with E-state index in [0.717, 1.165) is 9.87 Å². The fourth-order valence-corrected chi connectivity index (χ4v) is 3.49. The van der Waals surface area contributed by atoms with E-state index in [1.807, 2.05) is 30.3 Å². The molecule has 26 heavy (non-hydrogen) atoms. The van der Waals surface area contributed by atoms with Gasteiger partial charge in [-0.05, 0) is 36.6 Å². The summed E-state index contributed by atoms with van der Waals surface area (Å²) >= 11 is 0. The number of anilines is 1. The molecule has 2 rings (SSSR count). The maximum absolute atomic E-state index is 12.4. The molecule has 2 aromatic carbocycles. The largest absolute Gasteiger partial charge is 0.325 e. The smallest absolute Gasteiger partial charge is 0.242 e. The van der Waals surface area contributed by atoms with Gasteiger partial charge >= 0.3 is 0 Å². The van der Waals surface area contributed by atoms with Gasteiger partial charge in [0.1, 0.15) is 0 Å². The number of nitrogens with zero attached hydrogens (tertiary/aromatic N) is 1. The molecule has 3 N–H and O–H groups in total. The second kappa shape index (κ2) is 9.14. The van der Waals surface area contributed by atoms with E-state index < -0.39 is 16.1 Å². The molecule has 142 valence electrons. The SMILES string of the molecule is Cc1ccc(NC(=O)[C@@H](N)Cc2ccccc2)cc1S(=O)(=O)N(C)C.Cl. The molecule has 1 atom stereocenters. The molecular weight excluding hydrogens is 374 g/mol. The van der Waals surface area contributed by atoms with Gasteiger partial charge in [-0.15, -0.1) is 12.4 Å². The van der Waals surface area contributed by atoms with Crippen LogP contribution in [0.1, 0.15) is 11.1 Å². The minimum absolute atomic E-state index is 0. The molecule has 8 heteroatoms. The van der Waals surface area contributed by atoms with E-state index in [1.165, 1.54) is 20.2 Å². The zero-order chi connectivity index (χ0) is 18.6. The molecule has 6 nitrogen and oxygen atoms in total. The maximum atomic E-state index is 12.4. The summed E-state index contributed by atoms with van der Waals surface area (Å²) < 4.78 is 25.8. The van der Waals surface area contributed by atoms with Crippen molar-refractivity contribution >= 4 is 34.0 Å². The Labute approximate surface area is 160 Å². The van der Waals surface area contributed by atoms with Gasteiger partial charge in [-0.1, -0.05) is 36.4 Å². The van der Waals surface area contributed by atoms with E-state index in [1.54, 1.807) is 19.1 Å². The molecule has 0 bridgehead atoms. The Morgan fingerprint density at radius 2 is 1.77 bits per heavy atom. The number of benzene rings is 2. The lowest BCUT2D eigenvalue weighted by Gasteiger charge is -2.16. The lowest BCUT2D eigenvalue weighted by Crippen LogP contribution is -2.37. The fraction of sp³-hybridized carbons (Fsp3) is 0.278. The van der Waals surface area contributed by atoms with Crippen LogP contribution >= 0.6 is 12.4 Å². The number of nitrogens with one attached hydrogen (secondary N) is 1. The lowest BCUT2D eigenvalue weighted by atomic mass is 10.1. The van der Waals surface area contributed by atoms with Crippen LogP contribution in [0.25, 0.3) is 0 Å². The number of halogens is 1. The molecule has 0 aliphatic carbocycles. The van der Waals surface area contributed by atoms with Gasteiger partial charge in [-0.3, -0.25) is 4.79 Å². The number of rotatable bonds is 6. The number of carbonyl (C=O) groups excluding carboxylic acids is 1. The van der Waals surface area contributed by atoms with Crippen molar-refractivity contribution in [2.75, 3.05) is 19.4 Å². The highest BCUT2D eigenvalue weighted by atomic mass is 35.5. The van der Waals surface area contributed by atoms with Crippen molar-refractivity contribution in [2.24, 2.45) is 5.73 Å². The van der Waals surface area contributed by atoms with Crippen LogP contribution in [-0.4, -0.2) is 38.8 Å². The highest BCUT2D eigenvalue weighted by Gasteiger charge is 2.21. The van der Waals surface area contributed by atoms with Crippen LogP contribution in [0.5, 0.6) is 0 Å². The number of nitrogens with two attached hydrogens (primary N) is 1.